The van der Waals surface area contributed by atoms with Crippen molar-refractivity contribution in [1.82, 2.24) is 14.7 Å². The molecule has 0 saturated carbocycles. The molecule has 0 saturated heterocycles. The zero-order chi connectivity index (χ0) is 22.2. The minimum absolute atomic E-state index is 0.278. The lowest BCUT2D eigenvalue weighted by Crippen LogP contribution is -2.36. The summed E-state index contributed by atoms with van der Waals surface area (Å²) in [5, 5.41) is 4.46. The van der Waals surface area contributed by atoms with E-state index in [1.165, 1.54) is 0 Å². The summed E-state index contributed by atoms with van der Waals surface area (Å²) >= 11 is 0. The molecule has 0 aliphatic carbocycles. The Bertz CT molecular complexity index is 1020. The third kappa shape index (κ3) is 5.58. The maximum Gasteiger partial charge on any atom is 0.342 e. The molecule has 1 aromatic heterocycles. The Hall–Kier alpha value is -3.45. The number of hydrogen-bond acceptors (Lipinski definition) is 5. The van der Waals surface area contributed by atoms with E-state index in [-0.39, 0.29) is 12.5 Å². The molecule has 0 aliphatic heterocycles. The zero-order valence-electron chi connectivity index (χ0n) is 18.1. The van der Waals surface area contributed by atoms with Crippen LogP contribution in [0.1, 0.15) is 27.3 Å². The van der Waals surface area contributed by atoms with E-state index in [0.29, 0.717) is 36.6 Å². The minimum atomic E-state index is -0.558. The van der Waals surface area contributed by atoms with Crippen molar-refractivity contribution in [3.05, 3.63) is 83.2 Å². The highest BCUT2D eigenvalue weighted by molar-refractivity contribution is 5.93. The number of rotatable bonds is 9. The molecule has 0 radical (unpaired) electrons. The van der Waals surface area contributed by atoms with Gasteiger partial charge in [-0.3, -0.25) is 4.79 Å². The third-order valence-electron chi connectivity index (χ3n) is 4.96. The van der Waals surface area contributed by atoms with E-state index >= 15 is 0 Å². The fourth-order valence-electron chi connectivity index (χ4n) is 3.35. The predicted octanol–water partition coefficient (Wildman–Crippen LogP) is 3.32. The molecular formula is C24H27N3O4. The van der Waals surface area contributed by atoms with E-state index in [2.05, 4.69) is 5.10 Å². The van der Waals surface area contributed by atoms with Crippen molar-refractivity contribution in [2.75, 3.05) is 26.9 Å². The first-order valence-electron chi connectivity index (χ1n) is 10.1. The van der Waals surface area contributed by atoms with Crippen LogP contribution in [0.25, 0.3) is 5.69 Å². The molecule has 7 nitrogen and oxygen atoms in total. The Morgan fingerprint density at radius 2 is 1.65 bits per heavy atom. The van der Waals surface area contributed by atoms with Crippen LogP contribution in [0.15, 0.2) is 60.7 Å². The maximum absolute atomic E-state index is 12.8. The summed E-state index contributed by atoms with van der Waals surface area (Å²) in [4.78, 5) is 27.1. The monoisotopic (exact) mass is 421 g/mol. The number of benzene rings is 2. The lowest BCUT2D eigenvalue weighted by atomic mass is 10.2. The van der Waals surface area contributed by atoms with Gasteiger partial charge in [-0.05, 0) is 31.5 Å². The van der Waals surface area contributed by atoms with E-state index < -0.39 is 5.97 Å². The first-order valence-corrected chi connectivity index (χ1v) is 10.1. The molecule has 0 N–H and O–H groups in total. The van der Waals surface area contributed by atoms with E-state index in [9.17, 15) is 9.59 Å². The molecule has 0 bridgehead atoms. The van der Waals surface area contributed by atoms with Gasteiger partial charge in [0, 0.05) is 20.2 Å². The topological polar surface area (TPSA) is 73.7 Å². The highest BCUT2D eigenvalue weighted by atomic mass is 16.5. The van der Waals surface area contributed by atoms with Crippen molar-refractivity contribution in [1.29, 1.82) is 0 Å². The van der Waals surface area contributed by atoms with Crippen LogP contribution in [0.3, 0.4) is 0 Å². The van der Waals surface area contributed by atoms with Gasteiger partial charge in [0.1, 0.15) is 5.56 Å². The van der Waals surface area contributed by atoms with Gasteiger partial charge < -0.3 is 14.4 Å². The maximum atomic E-state index is 12.8. The van der Waals surface area contributed by atoms with Crippen LogP contribution in [0, 0.1) is 13.8 Å². The standard InChI is InChI=1S/C24H27N3O4/c1-18-23(19(2)27(25-18)21-12-8-5-9-13-21)24(29)31-17-22(28)26(14-15-30-3)16-20-10-6-4-7-11-20/h4-13H,14-17H2,1-3H3. The Kier molecular flexibility index (Phi) is 7.56. The van der Waals surface area contributed by atoms with E-state index in [1.54, 1.807) is 23.6 Å². The second-order valence-electron chi connectivity index (χ2n) is 7.16. The number of aromatic nitrogens is 2. The summed E-state index contributed by atoms with van der Waals surface area (Å²) in [7, 11) is 1.58. The summed E-state index contributed by atoms with van der Waals surface area (Å²) in [6.45, 7) is 4.45. The van der Waals surface area contributed by atoms with Gasteiger partial charge in [-0.2, -0.15) is 5.10 Å². The lowest BCUT2D eigenvalue weighted by Gasteiger charge is -2.22. The molecule has 0 fully saturated rings. The fraction of sp³-hybridized carbons (Fsp3) is 0.292. The molecule has 3 aromatic rings. The van der Waals surface area contributed by atoms with E-state index in [1.807, 2.05) is 67.6 Å². The molecule has 1 amide bonds. The van der Waals surface area contributed by atoms with Gasteiger partial charge in [0.05, 0.1) is 23.7 Å². The van der Waals surface area contributed by atoms with Crippen LogP contribution in [-0.2, 0) is 20.8 Å². The van der Waals surface area contributed by atoms with Crippen molar-refractivity contribution < 1.29 is 19.1 Å². The second kappa shape index (κ2) is 10.5. The molecule has 0 spiro atoms. The number of amides is 1. The smallest absolute Gasteiger partial charge is 0.342 e. The van der Waals surface area contributed by atoms with Crippen LogP contribution in [0.5, 0.6) is 0 Å². The molecule has 31 heavy (non-hydrogen) atoms. The zero-order valence-corrected chi connectivity index (χ0v) is 18.1. The lowest BCUT2D eigenvalue weighted by molar-refractivity contribution is -0.135. The second-order valence-corrected chi connectivity index (χ2v) is 7.16. The number of methoxy groups -OCH3 is 1. The Morgan fingerprint density at radius 1 is 1.00 bits per heavy atom. The first kappa shape index (κ1) is 22.2. The van der Waals surface area contributed by atoms with Gasteiger partial charge in [-0.15, -0.1) is 0 Å². The molecule has 3 rings (SSSR count). The molecule has 2 aromatic carbocycles. The molecule has 7 heteroatoms. The predicted molar refractivity (Wildman–Crippen MR) is 117 cm³/mol. The normalized spacial score (nSPS) is 10.7. The SMILES string of the molecule is COCCN(Cc1ccccc1)C(=O)COC(=O)c1c(C)nn(-c2ccccc2)c1C. The van der Waals surface area contributed by atoms with Crippen molar-refractivity contribution in [2.24, 2.45) is 0 Å². The number of hydrogen-bond donors (Lipinski definition) is 0. The van der Waals surface area contributed by atoms with Crippen LogP contribution in [-0.4, -0.2) is 53.4 Å². The molecule has 0 unspecified atom stereocenters. The fourth-order valence-corrected chi connectivity index (χ4v) is 3.35. The largest absolute Gasteiger partial charge is 0.452 e. The van der Waals surface area contributed by atoms with Gasteiger partial charge >= 0.3 is 5.97 Å². The molecule has 0 atom stereocenters. The van der Waals surface area contributed by atoms with Crippen LogP contribution >= 0.6 is 0 Å². The highest BCUT2D eigenvalue weighted by Crippen LogP contribution is 2.19. The highest BCUT2D eigenvalue weighted by Gasteiger charge is 2.23. The number of carbonyl (C=O) groups is 2. The first-order chi connectivity index (χ1) is 15.0. The van der Waals surface area contributed by atoms with Crippen LogP contribution in [0.2, 0.25) is 0 Å². The number of nitrogens with zero attached hydrogens (tertiary/aromatic N) is 3. The number of ether oxygens (including phenoxy) is 2. The van der Waals surface area contributed by atoms with Crippen molar-refractivity contribution >= 4 is 11.9 Å². The van der Waals surface area contributed by atoms with Gasteiger partial charge in [-0.25, -0.2) is 9.48 Å². The average molecular weight is 421 g/mol. The summed E-state index contributed by atoms with van der Waals surface area (Å²) in [5.41, 5.74) is 3.45. The number of carbonyl (C=O) groups excluding carboxylic acids is 2. The molecular weight excluding hydrogens is 394 g/mol. The molecule has 0 aliphatic rings. The summed E-state index contributed by atoms with van der Waals surface area (Å²) in [6.07, 6.45) is 0. The minimum Gasteiger partial charge on any atom is -0.452 e. The van der Waals surface area contributed by atoms with Crippen molar-refractivity contribution in [2.45, 2.75) is 20.4 Å². The van der Waals surface area contributed by atoms with Gasteiger partial charge in [-0.1, -0.05) is 48.5 Å². The third-order valence-corrected chi connectivity index (χ3v) is 4.96. The molecule has 162 valence electrons. The Labute approximate surface area is 182 Å². The van der Waals surface area contributed by atoms with Crippen LogP contribution in [0.4, 0.5) is 0 Å². The van der Waals surface area contributed by atoms with Crippen LogP contribution < -0.4 is 0 Å². The number of esters is 1. The van der Waals surface area contributed by atoms with E-state index in [4.69, 9.17) is 9.47 Å². The van der Waals surface area contributed by atoms with E-state index in [0.717, 1.165) is 11.3 Å². The summed E-state index contributed by atoms with van der Waals surface area (Å²) < 4.78 is 12.2. The van der Waals surface area contributed by atoms with Crippen molar-refractivity contribution in [3.8, 4) is 5.69 Å². The van der Waals surface area contributed by atoms with Gasteiger partial charge in [0.2, 0.25) is 0 Å². The van der Waals surface area contributed by atoms with Gasteiger partial charge in [0.15, 0.2) is 6.61 Å². The summed E-state index contributed by atoms with van der Waals surface area (Å²) in [6, 6.07) is 19.2. The van der Waals surface area contributed by atoms with Crippen molar-refractivity contribution in [3.63, 3.8) is 0 Å². The number of aryl methyl sites for hydroxylation is 1. The Balaban J connectivity index is 1.68. The Morgan fingerprint density at radius 3 is 2.29 bits per heavy atom. The average Bonchev–Trinajstić information content (AvgIpc) is 3.10. The quantitative estimate of drug-likeness (QED) is 0.496. The summed E-state index contributed by atoms with van der Waals surface area (Å²) in [5.74, 6) is -0.836. The van der Waals surface area contributed by atoms with Gasteiger partial charge in [0.25, 0.3) is 5.91 Å². The molecule has 1 heterocycles. The number of para-hydroxylation sites is 1.